The van der Waals surface area contributed by atoms with Crippen LogP contribution < -0.4 is 33.6 Å². The van der Waals surface area contributed by atoms with Gasteiger partial charge >= 0.3 is 18.9 Å². The molecule has 4 aromatic rings. The van der Waals surface area contributed by atoms with Crippen LogP contribution in [-0.4, -0.2) is 5.52 Å². The van der Waals surface area contributed by atoms with Crippen LogP contribution in [0.25, 0.3) is 0 Å². The maximum atomic E-state index is 13.5. The van der Waals surface area contributed by atoms with E-state index >= 15 is 0 Å². The fraction of sp³-hybridized carbons (Fsp3) is 0.194. The Kier molecular flexibility index (Phi) is 9.97. The Balaban J connectivity index is 0.00000361. The minimum absolute atomic E-state index is 0. The van der Waals surface area contributed by atoms with Gasteiger partial charge in [0.25, 0.3) is 0 Å². The summed E-state index contributed by atoms with van der Waals surface area (Å²) in [6.45, 7) is 9.13. The Morgan fingerprint density at radius 3 is 1.89 bits per heavy atom. The molecule has 0 fully saturated rings. The molecule has 0 heterocycles. The maximum Gasteiger partial charge on any atom is 1.00 e. The van der Waals surface area contributed by atoms with Crippen molar-refractivity contribution in [2.24, 2.45) is 0 Å². The third-order valence-corrected chi connectivity index (χ3v) is 7.43. The first-order valence-corrected chi connectivity index (χ1v) is 12.8. The molecule has 4 aromatic carbocycles. The molecule has 0 aliphatic carbocycles. The summed E-state index contributed by atoms with van der Waals surface area (Å²) in [5.41, 5.74) is 7.61. The number of ether oxygens (including phenoxy) is 2. The molecule has 3 nitrogen and oxygen atoms in total. The minimum Gasteiger partial charge on any atom is -0.489 e. The molecule has 1 atom stereocenters. The number of benzene rings is 4. The van der Waals surface area contributed by atoms with Gasteiger partial charge in [-0.1, -0.05) is 66.7 Å². The first-order chi connectivity index (χ1) is 16.9. The van der Waals surface area contributed by atoms with E-state index < -0.39 is 0 Å². The molecule has 0 saturated carbocycles. The zero-order valence-corrected chi connectivity index (χ0v) is 22.7. The third kappa shape index (κ3) is 6.89. The number of rotatable bonds is 9. The Bertz CT molecular complexity index is 1320. The van der Waals surface area contributed by atoms with E-state index in [1.54, 1.807) is 0 Å². The van der Waals surface area contributed by atoms with Crippen LogP contribution in [0.15, 0.2) is 84.9 Å². The van der Waals surface area contributed by atoms with Gasteiger partial charge in [-0.3, -0.25) is 4.79 Å². The summed E-state index contributed by atoms with van der Waals surface area (Å²) in [5.74, 6) is 1.40. The van der Waals surface area contributed by atoms with Gasteiger partial charge in [0.1, 0.15) is 24.7 Å². The molecule has 0 aromatic heterocycles. The summed E-state index contributed by atoms with van der Waals surface area (Å²) in [6.07, 6.45) is 0. The summed E-state index contributed by atoms with van der Waals surface area (Å²) >= 11 is 0. The SMILES string of the molecule is Cc1cc(C)c(C(=O)Pc2ccc(OCc3ccccc3)cc2OCc2ccccc2)c(C)c1C.[Li+]. The van der Waals surface area contributed by atoms with Gasteiger partial charge in [0.2, 0.25) is 0 Å². The van der Waals surface area contributed by atoms with E-state index in [1.807, 2.05) is 92.7 Å². The van der Waals surface area contributed by atoms with Crippen LogP contribution in [0.3, 0.4) is 0 Å². The van der Waals surface area contributed by atoms with Crippen LogP contribution in [0, 0.1) is 27.7 Å². The van der Waals surface area contributed by atoms with Gasteiger partial charge in [-0.05, 0) is 81.8 Å². The topological polar surface area (TPSA) is 35.5 Å². The Morgan fingerprint density at radius 1 is 0.694 bits per heavy atom. The quantitative estimate of drug-likeness (QED) is 0.261. The van der Waals surface area contributed by atoms with E-state index in [0.29, 0.717) is 19.0 Å². The second-order valence-electron chi connectivity index (χ2n) is 8.80. The molecule has 0 amide bonds. The van der Waals surface area contributed by atoms with Crippen molar-refractivity contribution in [2.75, 3.05) is 0 Å². The second-order valence-corrected chi connectivity index (χ2v) is 10.0. The monoisotopic (exact) mass is 489 g/mol. The molecular weight excluding hydrogens is 458 g/mol. The molecule has 0 aliphatic heterocycles. The van der Waals surface area contributed by atoms with Gasteiger partial charge in [-0.15, -0.1) is 0 Å². The van der Waals surface area contributed by atoms with E-state index in [4.69, 9.17) is 9.47 Å². The molecule has 1 unspecified atom stereocenters. The first kappa shape index (κ1) is 27.8. The van der Waals surface area contributed by atoms with Gasteiger partial charge in [0.05, 0.1) is 0 Å². The van der Waals surface area contributed by atoms with E-state index in [0.717, 1.165) is 38.9 Å². The largest absolute Gasteiger partial charge is 1.00 e. The maximum absolute atomic E-state index is 13.5. The standard InChI is InChI=1S/C31H31O3P.Li/c1-21-17-22(2)30(24(4)23(21)3)31(32)35-29-16-15-27(33-19-25-11-7-5-8-12-25)18-28(29)34-20-26-13-9-6-10-14-26;/h5-18,35H,19-20H2,1-4H3;/q;+1. The Labute approximate surface area is 228 Å². The summed E-state index contributed by atoms with van der Waals surface area (Å²) in [5, 5.41) is 0.884. The molecule has 0 spiro atoms. The van der Waals surface area contributed by atoms with Crippen LogP contribution in [0.5, 0.6) is 11.5 Å². The molecule has 0 bridgehead atoms. The first-order valence-electron chi connectivity index (χ1n) is 11.8. The Morgan fingerprint density at radius 2 is 1.28 bits per heavy atom. The second kappa shape index (κ2) is 12.9. The number of hydrogen-bond donors (Lipinski definition) is 0. The van der Waals surface area contributed by atoms with Crippen molar-refractivity contribution in [3.05, 3.63) is 124 Å². The number of aryl methyl sites for hydroxylation is 2. The summed E-state index contributed by atoms with van der Waals surface area (Å²) < 4.78 is 12.3. The van der Waals surface area contributed by atoms with E-state index in [-0.39, 0.29) is 33.0 Å². The third-order valence-electron chi connectivity index (χ3n) is 6.27. The van der Waals surface area contributed by atoms with Crippen LogP contribution in [0.4, 0.5) is 0 Å². The molecule has 36 heavy (non-hydrogen) atoms. The van der Waals surface area contributed by atoms with Gasteiger partial charge < -0.3 is 9.47 Å². The van der Waals surface area contributed by atoms with Gasteiger partial charge in [0, 0.05) is 16.9 Å². The zero-order chi connectivity index (χ0) is 24.8. The molecular formula is C31H31LiO3P+. The summed E-state index contributed by atoms with van der Waals surface area (Å²) in [7, 11) is -0.0402. The van der Waals surface area contributed by atoms with Gasteiger partial charge in [0.15, 0.2) is 5.52 Å². The minimum atomic E-state index is -0.0402. The van der Waals surface area contributed by atoms with E-state index in [1.165, 1.54) is 11.1 Å². The Hall–Kier alpha value is -2.82. The van der Waals surface area contributed by atoms with Crippen molar-refractivity contribution in [3.8, 4) is 11.5 Å². The van der Waals surface area contributed by atoms with E-state index in [9.17, 15) is 4.79 Å². The predicted octanol–water partition coefficient (Wildman–Crippen LogP) is 4.23. The van der Waals surface area contributed by atoms with E-state index in [2.05, 4.69) is 19.9 Å². The molecule has 0 radical (unpaired) electrons. The van der Waals surface area contributed by atoms with Crippen molar-refractivity contribution in [3.63, 3.8) is 0 Å². The smallest absolute Gasteiger partial charge is 0.489 e. The normalized spacial score (nSPS) is 10.8. The summed E-state index contributed by atoms with van der Waals surface area (Å²) in [6, 6.07) is 28.0. The fourth-order valence-electron chi connectivity index (χ4n) is 4.11. The molecule has 5 heteroatoms. The van der Waals surface area contributed by atoms with Crippen molar-refractivity contribution in [1.82, 2.24) is 0 Å². The average Bonchev–Trinajstić information content (AvgIpc) is 2.87. The van der Waals surface area contributed by atoms with Crippen LogP contribution >= 0.6 is 8.58 Å². The van der Waals surface area contributed by atoms with Gasteiger partial charge in [-0.2, -0.15) is 0 Å². The fourth-order valence-corrected chi connectivity index (χ4v) is 5.30. The van der Waals surface area contributed by atoms with Crippen molar-refractivity contribution < 1.29 is 33.1 Å². The zero-order valence-electron chi connectivity index (χ0n) is 21.7. The number of carbonyl (C=O) groups is 1. The molecule has 0 aliphatic rings. The van der Waals surface area contributed by atoms with Crippen molar-refractivity contribution in [1.29, 1.82) is 0 Å². The molecule has 178 valence electrons. The number of carbonyl (C=O) groups excluding carboxylic acids is 1. The predicted molar refractivity (Wildman–Crippen MR) is 146 cm³/mol. The van der Waals surface area contributed by atoms with Crippen LogP contribution in [0.2, 0.25) is 0 Å². The molecule has 4 rings (SSSR count). The average molecular weight is 490 g/mol. The molecule has 0 saturated heterocycles. The van der Waals surface area contributed by atoms with Crippen LogP contribution in [0.1, 0.15) is 43.7 Å². The molecule has 0 N–H and O–H groups in total. The van der Waals surface area contributed by atoms with Gasteiger partial charge in [-0.25, -0.2) is 0 Å². The number of hydrogen-bond acceptors (Lipinski definition) is 3. The van der Waals surface area contributed by atoms with Crippen LogP contribution in [-0.2, 0) is 13.2 Å². The summed E-state index contributed by atoms with van der Waals surface area (Å²) in [4.78, 5) is 13.5. The van der Waals surface area contributed by atoms with Crippen molar-refractivity contribution in [2.45, 2.75) is 40.9 Å². The van der Waals surface area contributed by atoms with Crippen molar-refractivity contribution >= 4 is 19.4 Å².